The number of morpholine rings is 1. The number of fused-ring (bicyclic) bond motifs is 2. The number of carbonyl (C=O) groups excluding carboxylic acids is 1. The van der Waals surface area contributed by atoms with E-state index in [-0.39, 0.29) is 6.04 Å². The summed E-state index contributed by atoms with van der Waals surface area (Å²) in [6.45, 7) is 11.1. The first kappa shape index (κ1) is 23.9. The molecule has 2 N–H and O–H groups in total. The molecule has 4 aromatic rings. The Hall–Kier alpha value is -3.50. The van der Waals surface area contributed by atoms with E-state index in [0.29, 0.717) is 34.3 Å². The Morgan fingerprint density at radius 1 is 1.11 bits per heavy atom. The van der Waals surface area contributed by atoms with E-state index in [2.05, 4.69) is 20.9 Å². The van der Waals surface area contributed by atoms with Crippen LogP contribution in [0.4, 0.5) is 10.6 Å². The van der Waals surface area contributed by atoms with Crippen molar-refractivity contribution >= 4 is 33.8 Å². The fourth-order valence-corrected chi connectivity index (χ4v) is 5.44. The Labute approximate surface area is 215 Å². The summed E-state index contributed by atoms with van der Waals surface area (Å²) in [4.78, 5) is 24.8. The summed E-state index contributed by atoms with van der Waals surface area (Å²) in [5.74, 6) is 0.340. The third-order valence-electron chi connectivity index (χ3n) is 7.29. The van der Waals surface area contributed by atoms with Gasteiger partial charge in [-0.1, -0.05) is 11.6 Å². The van der Waals surface area contributed by atoms with Crippen LogP contribution < -0.4 is 5.73 Å². The van der Waals surface area contributed by atoms with Crippen LogP contribution in [0, 0.1) is 6.92 Å². The van der Waals surface area contributed by atoms with Crippen LogP contribution in [0.15, 0.2) is 30.6 Å². The summed E-state index contributed by atoms with van der Waals surface area (Å²) in [6.07, 6.45) is 2.98. The van der Waals surface area contributed by atoms with E-state index in [4.69, 9.17) is 20.3 Å². The zero-order valence-corrected chi connectivity index (χ0v) is 21.8. The number of aryl methyl sites for hydroxylation is 1. The molecule has 10 nitrogen and oxygen atoms in total. The number of hydrogen-bond donors (Lipinski definition) is 1. The summed E-state index contributed by atoms with van der Waals surface area (Å²) in [5.41, 5.74) is 9.49. The van der Waals surface area contributed by atoms with Crippen LogP contribution in [0.5, 0.6) is 0 Å². The SMILES string of the molecule is Cc1ccc2c(c1)cc(-c1nn(C3CC(N4CCOCC4)C3)c3ncnc(N)c13)n2C(=O)OC(C)(C)C. The first-order valence-electron chi connectivity index (χ1n) is 12.9. The Morgan fingerprint density at radius 3 is 2.59 bits per heavy atom. The smallest absolute Gasteiger partial charge is 0.419 e. The van der Waals surface area contributed by atoms with Crippen molar-refractivity contribution in [3.8, 4) is 11.4 Å². The molecular formula is C27H33N7O3. The second-order valence-electron chi connectivity index (χ2n) is 11.1. The first-order chi connectivity index (χ1) is 17.7. The van der Waals surface area contributed by atoms with E-state index >= 15 is 0 Å². The van der Waals surface area contributed by atoms with Gasteiger partial charge < -0.3 is 15.2 Å². The van der Waals surface area contributed by atoms with Crippen LogP contribution in [0.2, 0.25) is 0 Å². The molecule has 1 aliphatic heterocycles. The third-order valence-corrected chi connectivity index (χ3v) is 7.29. The number of nitrogens with zero attached hydrogens (tertiary/aromatic N) is 6. The van der Waals surface area contributed by atoms with Gasteiger partial charge >= 0.3 is 6.09 Å². The van der Waals surface area contributed by atoms with Crippen LogP contribution >= 0.6 is 0 Å². The van der Waals surface area contributed by atoms with E-state index in [9.17, 15) is 4.79 Å². The van der Waals surface area contributed by atoms with E-state index in [1.54, 1.807) is 4.57 Å². The van der Waals surface area contributed by atoms with Crippen molar-refractivity contribution < 1.29 is 14.3 Å². The van der Waals surface area contributed by atoms with Crippen molar-refractivity contribution in [2.24, 2.45) is 0 Å². The van der Waals surface area contributed by atoms with Gasteiger partial charge in [-0.3, -0.25) is 4.90 Å². The maximum atomic E-state index is 13.5. The van der Waals surface area contributed by atoms with Gasteiger partial charge in [0.25, 0.3) is 0 Å². The predicted octanol–water partition coefficient (Wildman–Crippen LogP) is 4.16. The van der Waals surface area contributed by atoms with Gasteiger partial charge in [-0.15, -0.1) is 0 Å². The lowest BCUT2D eigenvalue weighted by Gasteiger charge is -2.44. The predicted molar refractivity (Wildman–Crippen MR) is 141 cm³/mol. The highest BCUT2D eigenvalue weighted by Gasteiger charge is 2.38. The second-order valence-corrected chi connectivity index (χ2v) is 11.1. The monoisotopic (exact) mass is 503 g/mol. The highest BCUT2D eigenvalue weighted by atomic mass is 16.6. The summed E-state index contributed by atoms with van der Waals surface area (Å²) < 4.78 is 14.9. The lowest BCUT2D eigenvalue weighted by Crippen LogP contribution is -2.50. The molecule has 1 aromatic carbocycles. The lowest BCUT2D eigenvalue weighted by molar-refractivity contribution is -0.0157. The summed E-state index contributed by atoms with van der Waals surface area (Å²) >= 11 is 0. The van der Waals surface area contributed by atoms with Gasteiger partial charge in [-0.25, -0.2) is 24.0 Å². The van der Waals surface area contributed by atoms with Crippen LogP contribution in [0.1, 0.15) is 45.2 Å². The zero-order chi connectivity index (χ0) is 25.9. The molecule has 37 heavy (non-hydrogen) atoms. The van der Waals surface area contributed by atoms with Gasteiger partial charge in [-0.05, 0) is 58.7 Å². The van der Waals surface area contributed by atoms with Crippen molar-refractivity contribution in [2.75, 3.05) is 32.0 Å². The Bertz CT molecular complexity index is 1490. The molecule has 0 spiro atoms. The largest absolute Gasteiger partial charge is 0.443 e. The van der Waals surface area contributed by atoms with E-state index < -0.39 is 11.7 Å². The second kappa shape index (κ2) is 8.81. The van der Waals surface area contributed by atoms with Crippen LogP contribution in [-0.4, -0.2) is 73.3 Å². The van der Waals surface area contributed by atoms with Gasteiger partial charge in [0, 0.05) is 24.5 Å². The number of hydrogen-bond acceptors (Lipinski definition) is 8. The summed E-state index contributed by atoms with van der Waals surface area (Å²) in [7, 11) is 0. The molecule has 0 radical (unpaired) electrons. The molecule has 2 aliphatic rings. The number of nitrogen functional groups attached to an aromatic ring is 1. The molecule has 0 unspecified atom stereocenters. The molecule has 0 amide bonds. The molecule has 0 bridgehead atoms. The molecule has 6 rings (SSSR count). The Kier molecular flexibility index (Phi) is 5.68. The maximum absolute atomic E-state index is 13.5. The van der Waals surface area contributed by atoms with Gasteiger partial charge in [0.05, 0.1) is 35.9 Å². The Morgan fingerprint density at radius 2 is 1.86 bits per heavy atom. The number of nitrogens with two attached hydrogens (primary N) is 1. The fraction of sp³-hybridized carbons (Fsp3) is 0.481. The van der Waals surface area contributed by atoms with Crippen molar-refractivity contribution in [2.45, 2.75) is 58.2 Å². The van der Waals surface area contributed by atoms with Crippen LogP contribution in [0.3, 0.4) is 0 Å². The topological polar surface area (TPSA) is 113 Å². The molecule has 1 saturated carbocycles. The highest BCUT2D eigenvalue weighted by Crippen LogP contribution is 2.41. The van der Waals surface area contributed by atoms with Gasteiger partial charge in [0.1, 0.15) is 23.4 Å². The van der Waals surface area contributed by atoms with Gasteiger partial charge in [0.15, 0.2) is 5.65 Å². The maximum Gasteiger partial charge on any atom is 0.419 e. The minimum Gasteiger partial charge on any atom is -0.443 e. The zero-order valence-electron chi connectivity index (χ0n) is 21.8. The minimum absolute atomic E-state index is 0.194. The normalized spacial score (nSPS) is 20.9. The summed E-state index contributed by atoms with van der Waals surface area (Å²) in [6, 6.07) is 8.66. The van der Waals surface area contributed by atoms with Crippen LogP contribution in [-0.2, 0) is 9.47 Å². The standard InChI is InChI=1S/C27H33N7O3/c1-16-5-6-20-17(11-16)12-21(33(20)26(35)37-27(2,3)4)23-22-24(28)29-15-30-25(22)34(31-23)19-13-18(14-19)32-7-9-36-10-8-32/h5-6,11-12,15,18-19H,7-10,13-14H2,1-4H3,(H2,28,29,30). The van der Waals surface area contributed by atoms with Crippen molar-refractivity contribution in [3.05, 3.63) is 36.2 Å². The number of anilines is 1. The average molecular weight is 504 g/mol. The molecule has 194 valence electrons. The number of rotatable bonds is 3. The highest BCUT2D eigenvalue weighted by molar-refractivity contribution is 6.03. The molecule has 10 heteroatoms. The van der Waals surface area contributed by atoms with Crippen molar-refractivity contribution in [3.63, 3.8) is 0 Å². The Balaban J connectivity index is 1.46. The fourth-order valence-electron chi connectivity index (χ4n) is 5.44. The lowest BCUT2D eigenvalue weighted by atomic mass is 9.85. The minimum atomic E-state index is -0.653. The van der Waals surface area contributed by atoms with E-state index in [0.717, 1.165) is 55.6 Å². The average Bonchev–Trinajstić information content (AvgIpc) is 3.37. The summed E-state index contributed by atoms with van der Waals surface area (Å²) in [5, 5.41) is 6.62. The third kappa shape index (κ3) is 4.23. The molecule has 1 aliphatic carbocycles. The molecule has 2 fully saturated rings. The first-order valence-corrected chi connectivity index (χ1v) is 12.9. The molecule has 1 saturated heterocycles. The van der Waals surface area contributed by atoms with Crippen molar-refractivity contribution in [1.82, 2.24) is 29.2 Å². The molecule has 4 heterocycles. The quantitative estimate of drug-likeness (QED) is 0.443. The van der Waals surface area contributed by atoms with Gasteiger partial charge in [0.2, 0.25) is 0 Å². The molecular weight excluding hydrogens is 470 g/mol. The molecule has 0 atom stereocenters. The van der Waals surface area contributed by atoms with E-state index in [1.807, 2.05) is 50.6 Å². The number of benzene rings is 1. The molecule has 3 aromatic heterocycles. The van der Waals surface area contributed by atoms with Crippen molar-refractivity contribution in [1.29, 1.82) is 0 Å². The van der Waals surface area contributed by atoms with Crippen LogP contribution in [0.25, 0.3) is 33.3 Å². The number of carbonyl (C=O) groups is 1. The van der Waals surface area contributed by atoms with Gasteiger partial charge in [-0.2, -0.15) is 5.10 Å². The number of aromatic nitrogens is 5. The van der Waals surface area contributed by atoms with E-state index in [1.165, 1.54) is 6.33 Å². The number of ether oxygens (including phenoxy) is 2.